The van der Waals surface area contributed by atoms with E-state index in [0.29, 0.717) is 6.42 Å². The number of nitrogens with one attached hydrogen (secondary N) is 3. The lowest BCUT2D eigenvalue weighted by atomic mass is 10.0. The Labute approximate surface area is 155 Å². The Morgan fingerprint density at radius 3 is 2.41 bits per heavy atom. The van der Waals surface area contributed by atoms with Gasteiger partial charge in [-0.2, -0.15) is 5.26 Å². The lowest BCUT2D eigenvalue weighted by Gasteiger charge is -2.29. The normalized spacial score (nSPS) is 20.0. The lowest BCUT2D eigenvalue weighted by Crippen LogP contribution is -2.63. The molecule has 1 aromatic rings. The average Bonchev–Trinajstić information content (AvgIpc) is 2.63. The maximum absolute atomic E-state index is 12.2. The van der Waals surface area contributed by atoms with Gasteiger partial charge in [0.2, 0.25) is 17.7 Å². The molecule has 3 amide bonds. The van der Waals surface area contributed by atoms with Crippen LogP contribution in [0.25, 0.3) is 0 Å². The highest BCUT2D eigenvalue weighted by Gasteiger charge is 2.35. The molecule has 9 heteroatoms. The van der Waals surface area contributed by atoms with Crippen LogP contribution >= 0.6 is 0 Å². The van der Waals surface area contributed by atoms with E-state index in [9.17, 15) is 19.2 Å². The fourth-order valence-corrected chi connectivity index (χ4v) is 2.72. The topological polar surface area (TPSA) is 148 Å². The largest absolute Gasteiger partial charge is 0.480 e. The highest BCUT2D eigenvalue weighted by atomic mass is 16.4. The summed E-state index contributed by atoms with van der Waals surface area (Å²) in [6.07, 6.45) is -0.127. The molecular formula is C18H20N4O5. The zero-order valence-corrected chi connectivity index (χ0v) is 14.5. The second kappa shape index (κ2) is 9.33. The number of aliphatic carboxylic acids is 1. The van der Waals surface area contributed by atoms with E-state index in [2.05, 4.69) is 16.0 Å². The molecule has 1 aliphatic rings. The number of nitriles is 1. The Balaban J connectivity index is 1.90. The van der Waals surface area contributed by atoms with Gasteiger partial charge < -0.3 is 21.1 Å². The highest BCUT2D eigenvalue weighted by Crippen LogP contribution is 2.09. The minimum Gasteiger partial charge on any atom is -0.480 e. The van der Waals surface area contributed by atoms with Crippen molar-refractivity contribution in [2.75, 3.05) is 0 Å². The first-order chi connectivity index (χ1) is 12.9. The fraction of sp³-hybridized carbons (Fsp3) is 0.389. The third kappa shape index (κ3) is 5.81. The van der Waals surface area contributed by atoms with Crippen LogP contribution in [-0.4, -0.2) is 46.9 Å². The van der Waals surface area contributed by atoms with E-state index < -0.39 is 41.8 Å². The minimum atomic E-state index is -1.27. The van der Waals surface area contributed by atoms with E-state index in [1.807, 2.05) is 36.4 Å². The number of hydrogen-bond acceptors (Lipinski definition) is 5. The summed E-state index contributed by atoms with van der Waals surface area (Å²) in [7, 11) is 0. The predicted molar refractivity (Wildman–Crippen MR) is 93.0 cm³/mol. The first-order valence-corrected chi connectivity index (χ1v) is 8.44. The summed E-state index contributed by atoms with van der Waals surface area (Å²) in [5, 5.41) is 24.9. The van der Waals surface area contributed by atoms with E-state index in [1.165, 1.54) is 0 Å². The number of benzene rings is 1. The van der Waals surface area contributed by atoms with E-state index >= 15 is 0 Å². The molecule has 1 heterocycles. The molecule has 2 rings (SSSR count). The number of carboxylic acids is 1. The van der Waals surface area contributed by atoms with Crippen LogP contribution in [0.2, 0.25) is 0 Å². The van der Waals surface area contributed by atoms with Crippen molar-refractivity contribution in [3.8, 4) is 6.07 Å². The SMILES string of the molecule is N#CCC[C@H](NC(=O)C[C@@H]1NC(=O)[C@H](Cc2ccccc2)NC1=O)C(=O)O. The van der Waals surface area contributed by atoms with Crippen molar-refractivity contribution >= 4 is 23.7 Å². The Morgan fingerprint density at radius 2 is 1.78 bits per heavy atom. The number of amides is 3. The number of carboxylic acid groups (broad SMARTS) is 1. The van der Waals surface area contributed by atoms with Gasteiger partial charge >= 0.3 is 5.97 Å². The highest BCUT2D eigenvalue weighted by molar-refractivity contribution is 5.99. The van der Waals surface area contributed by atoms with Crippen LogP contribution in [0.4, 0.5) is 0 Å². The quantitative estimate of drug-likeness (QED) is 0.482. The summed E-state index contributed by atoms with van der Waals surface area (Å²) >= 11 is 0. The maximum Gasteiger partial charge on any atom is 0.326 e. The van der Waals surface area contributed by atoms with Gasteiger partial charge in [0, 0.05) is 12.8 Å². The zero-order chi connectivity index (χ0) is 19.8. The molecule has 4 N–H and O–H groups in total. The summed E-state index contributed by atoms with van der Waals surface area (Å²) < 4.78 is 0. The van der Waals surface area contributed by atoms with Gasteiger partial charge in [0.25, 0.3) is 0 Å². The summed E-state index contributed by atoms with van der Waals surface area (Å²) in [4.78, 5) is 47.5. The molecule has 9 nitrogen and oxygen atoms in total. The van der Waals surface area contributed by atoms with Gasteiger partial charge in [-0.25, -0.2) is 4.79 Å². The standard InChI is InChI=1S/C18H20N4O5/c19-8-4-7-12(18(26)27)20-15(23)10-14-17(25)21-13(16(24)22-14)9-11-5-2-1-3-6-11/h1-3,5-6,12-14H,4,7,9-10H2,(H,20,23)(H,21,25)(H,22,24)(H,26,27)/t12-,13-,14-/m0/s1. The fourth-order valence-electron chi connectivity index (χ4n) is 2.72. The Bertz CT molecular complexity index is 759. The monoisotopic (exact) mass is 372 g/mol. The number of carbonyl (C=O) groups is 4. The number of rotatable bonds is 8. The molecule has 0 bridgehead atoms. The third-order valence-electron chi connectivity index (χ3n) is 4.12. The molecule has 0 spiro atoms. The molecule has 142 valence electrons. The molecule has 0 aromatic heterocycles. The molecular weight excluding hydrogens is 352 g/mol. The number of hydrogen-bond donors (Lipinski definition) is 4. The Kier molecular flexibility index (Phi) is 6.88. The molecule has 1 aliphatic heterocycles. The van der Waals surface area contributed by atoms with Crippen LogP contribution in [0.1, 0.15) is 24.8 Å². The van der Waals surface area contributed by atoms with Crippen molar-refractivity contribution in [3.05, 3.63) is 35.9 Å². The van der Waals surface area contributed by atoms with Crippen LogP contribution in [-0.2, 0) is 25.6 Å². The number of nitrogens with zero attached hydrogens (tertiary/aromatic N) is 1. The van der Waals surface area contributed by atoms with E-state index in [1.54, 1.807) is 0 Å². The predicted octanol–water partition coefficient (Wildman–Crippen LogP) is -0.524. The van der Waals surface area contributed by atoms with E-state index in [0.717, 1.165) is 5.56 Å². The van der Waals surface area contributed by atoms with Crippen LogP contribution in [0.15, 0.2) is 30.3 Å². The van der Waals surface area contributed by atoms with Crippen LogP contribution in [0.5, 0.6) is 0 Å². The van der Waals surface area contributed by atoms with Crippen molar-refractivity contribution in [3.63, 3.8) is 0 Å². The number of piperazine rings is 1. The summed E-state index contributed by atoms with van der Waals surface area (Å²) in [5.41, 5.74) is 0.885. The van der Waals surface area contributed by atoms with Crippen LogP contribution in [0, 0.1) is 11.3 Å². The van der Waals surface area contributed by atoms with Crippen LogP contribution in [0.3, 0.4) is 0 Å². The number of carbonyl (C=O) groups excluding carboxylic acids is 3. The van der Waals surface area contributed by atoms with E-state index in [4.69, 9.17) is 10.4 Å². The molecule has 0 saturated carbocycles. The molecule has 0 aliphatic carbocycles. The smallest absolute Gasteiger partial charge is 0.326 e. The second-order valence-corrected chi connectivity index (χ2v) is 6.17. The zero-order valence-electron chi connectivity index (χ0n) is 14.5. The molecule has 1 aromatic carbocycles. The molecule has 0 radical (unpaired) electrons. The van der Waals surface area contributed by atoms with Crippen LogP contribution < -0.4 is 16.0 Å². The first kappa shape index (κ1) is 19.9. The van der Waals surface area contributed by atoms with Crippen molar-refractivity contribution in [2.24, 2.45) is 0 Å². The van der Waals surface area contributed by atoms with Gasteiger partial charge in [0.05, 0.1) is 12.5 Å². The third-order valence-corrected chi connectivity index (χ3v) is 4.12. The molecule has 0 unspecified atom stereocenters. The Morgan fingerprint density at radius 1 is 1.15 bits per heavy atom. The molecule has 1 fully saturated rings. The minimum absolute atomic E-state index is 0.0287. The first-order valence-electron chi connectivity index (χ1n) is 8.44. The van der Waals surface area contributed by atoms with Crippen molar-refractivity contribution < 1.29 is 24.3 Å². The lowest BCUT2D eigenvalue weighted by molar-refractivity contribution is -0.143. The van der Waals surface area contributed by atoms with E-state index in [-0.39, 0.29) is 19.3 Å². The summed E-state index contributed by atoms with van der Waals surface area (Å²) in [6, 6.07) is 7.97. The van der Waals surface area contributed by atoms with Gasteiger partial charge in [-0.05, 0) is 12.0 Å². The van der Waals surface area contributed by atoms with Crippen molar-refractivity contribution in [1.82, 2.24) is 16.0 Å². The molecule has 1 saturated heterocycles. The maximum atomic E-state index is 12.2. The summed E-state index contributed by atoms with van der Waals surface area (Å²) in [5.74, 6) is -2.87. The van der Waals surface area contributed by atoms with Gasteiger partial charge in [-0.3, -0.25) is 14.4 Å². The van der Waals surface area contributed by atoms with Gasteiger partial charge in [0.15, 0.2) is 0 Å². The summed E-state index contributed by atoms with van der Waals surface area (Å²) in [6.45, 7) is 0. The average molecular weight is 372 g/mol. The van der Waals surface area contributed by atoms with Gasteiger partial charge in [-0.1, -0.05) is 30.3 Å². The van der Waals surface area contributed by atoms with Crippen molar-refractivity contribution in [2.45, 2.75) is 43.8 Å². The molecule has 27 heavy (non-hydrogen) atoms. The Hall–Kier alpha value is -3.41. The van der Waals surface area contributed by atoms with Crippen molar-refractivity contribution in [1.29, 1.82) is 5.26 Å². The second-order valence-electron chi connectivity index (χ2n) is 6.17. The van der Waals surface area contributed by atoms with Gasteiger partial charge in [0.1, 0.15) is 18.1 Å². The van der Waals surface area contributed by atoms with Gasteiger partial charge in [-0.15, -0.1) is 0 Å². The molecule has 3 atom stereocenters.